The van der Waals surface area contributed by atoms with Crippen LogP contribution in [0.3, 0.4) is 0 Å². The maximum atomic E-state index is 10.9. The van der Waals surface area contributed by atoms with Crippen LogP contribution in [-0.2, 0) is 7.05 Å². The molecule has 62 valence electrons. The molecule has 0 atom stereocenters. The Morgan fingerprint density at radius 3 is 3.08 bits per heavy atom. The molecular formula is C8H7IN2O. The molecule has 0 aliphatic carbocycles. The minimum Gasteiger partial charge on any atom is -0.619 e. The Morgan fingerprint density at radius 1 is 1.58 bits per heavy atom. The van der Waals surface area contributed by atoms with E-state index in [1.165, 1.54) is 6.20 Å². The Bertz CT molecular complexity index is 436. The summed E-state index contributed by atoms with van der Waals surface area (Å²) >= 11 is 2.22. The maximum Gasteiger partial charge on any atom is 0.190 e. The van der Waals surface area contributed by atoms with Gasteiger partial charge in [0.05, 0.1) is 10.9 Å². The highest BCUT2D eigenvalue weighted by Crippen LogP contribution is 2.19. The molecule has 2 rings (SSSR count). The van der Waals surface area contributed by atoms with Crippen molar-refractivity contribution < 1.29 is 4.73 Å². The summed E-state index contributed by atoms with van der Waals surface area (Å²) in [6.07, 6.45) is 5.11. The fourth-order valence-corrected chi connectivity index (χ4v) is 2.10. The summed E-state index contributed by atoms with van der Waals surface area (Å²) in [4.78, 5) is 0. The van der Waals surface area contributed by atoms with Gasteiger partial charge in [0.25, 0.3) is 0 Å². The first-order valence-corrected chi connectivity index (χ1v) is 4.60. The van der Waals surface area contributed by atoms with Crippen LogP contribution in [0.25, 0.3) is 10.9 Å². The molecule has 0 fully saturated rings. The summed E-state index contributed by atoms with van der Waals surface area (Å²) in [5.74, 6) is 0. The van der Waals surface area contributed by atoms with Crippen LogP contribution in [0.15, 0.2) is 24.7 Å². The van der Waals surface area contributed by atoms with Gasteiger partial charge < -0.3 is 9.77 Å². The summed E-state index contributed by atoms with van der Waals surface area (Å²) in [6.45, 7) is 0. The fraction of sp³-hybridized carbons (Fsp3) is 0.125. The van der Waals surface area contributed by atoms with Gasteiger partial charge in [0.15, 0.2) is 12.4 Å². The predicted molar refractivity (Wildman–Crippen MR) is 54.6 cm³/mol. The number of nitrogens with zero attached hydrogens (tertiary/aromatic N) is 2. The summed E-state index contributed by atoms with van der Waals surface area (Å²) < 4.78 is 3.94. The minimum atomic E-state index is 0.824. The zero-order valence-electron chi connectivity index (χ0n) is 6.49. The monoisotopic (exact) mass is 274 g/mol. The van der Waals surface area contributed by atoms with Crippen LogP contribution in [0.4, 0.5) is 0 Å². The van der Waals surface area contributed by atoms with Gasteiger partial charge in [-0.25, -0.2) is 0 Å². The van der Waals surface area contributed by atoms with Gasteiger partial charge >= 0.3 is 0 Å². The molecule has 3 nitrogen and oxygen atoms in total. The first-order chi connectivity index (χ1) is 5.68. The molecular weight excluding hydrogens is 267 g/mol. The molecule has 0 bridgehead atoms. The van der Waals surface area contributed by atoms with Crippen molar-refractivity contribution in [2.75, 3.05) is 0 Å². The Morgan fingerprint density at radius 2 is 2.33 bits per heavy atom. The van der Waals surface area contributed by atoms with Gasteiger partial charge in [-0.3, -0.25) is 0 Å². The molecule has 0 aliphatic rings. The first-order valence-electron chi connectivity index (χ1n) is 3.52. The number of halogens is 1. The lowest BCUT2D eigenvalue weighted by Gasteiger charge is -1.96. The first kappa shape index (κ1) is 7.85. The molecule has 2 aromatic rings. The van der Waals surface area contributed by atoms with E-state index in [-0.39, 0.29) is 0 Å². The van der Waals surface area contributed by atoms with Gasteiger partial charge in [0.1, 0.15) is 0 Å². The second-order valence-corrected chi connectivity index (χ2v) is 3.85. The van der Waals surface area contributed by atoms with Crippen LogP contribution in [0.5, 0.6) is 0 Å². The largest absolute Gasteiger partial charge is 0.619 e. The third kappa shape index (κ3) is 1.06. The van der Waals surface area contributed by atoms with Crippen molar-refractivity contribution in [3.63, 3.8) is 0 Å². The third-order valence-corrected chi connectivity index (χ3v) is 2.72. The van der Waals surface area contributed by atoms with Crippen molar-refractivity contribution in [1.29, 1.82) is 0 Å². The molecule has 0 N–H and O–H groups in total. The molecule has 0 saturated carbocycles. The lowest BCUT2D eigenvalue weighted by atomic mass is 10.3. The molecule has 2 aromatic heterocycles. The molecule has 0 saturated heterocycles. The maximum absolute atomic E-state index is 10.9. The summed E-state index contributed by atoms with van der Waals surface area (Å²) in [5, 5.41) is 12.0. The number of hydrogen-bond donors (Lipinski definition) is 0. The molecule has 0 amide bonds. The topological polar surface area (TPSA) is 31.9 Å². The molecule has 0 aliphatic heterocycles. The Balaban J connectivity index is 2.90. The van der Waals surface area contributed by atoms with Gasteiger partial charge in [-0.1, -0.05) is 0 Å². The van der Waals surface area contributed by atoms with Gasteiger partial charge in [-0.2, -0.15) is 4.73 Å². The van der Waals surface area contributed by atoms with Crippen LogP contribution >= 0.6 is 22.6 Å². The molecule has 0 aromatic carbocycles. The van der Waals surface area contributed by atoms with Crippen molar-refractivity contribution >= 4 is 33.5 Å². The highest BCUT2D eigenvalue weighted by Gasteiger charge is 2.06. The fourth-order valence-electron chi connectivity index (χ4n) is 1.27. The molecule has 2 heterocycles. The van der Waals surface area contributed by atoms with E-state index in [4.69, 9.17) is 0 Å². The molecule has 4 heteroatoms. The van der Waals surface area contributed by atoms with Crippen LogP contribution in [-0.4, -0.2) is 4.57 Å². The quantitative estimate of drug-likeness (QED) is 0.406. The zero-order chi connectivity index (χ0) is 8.72. The highest BCUT2D eigenvalue weighted by atomic mass is 127. The second kappa shape index (κ2) is 2.62. The lowest BCUT2D eigenvalue weighted by Crippen LogP contribution is -2.23. The van der Waals surface area contributed by atoms with Crippen molar-refractivity contribution in [1.82, 2.24) is 4.57 Å². The van der Waals surface area contributed by atoms with E-state index < -0.39 is 0 Å². The SMILES string of the molecule is Cn1cc(I)c2c[n+]([O-])ccc21. The van der Waals surface area contributed by atoms with E-state index in [1.807, 2.05) is 23.9 Å². The molecule has 0 unspecified atom stereocenters. The minimum absolute atomic E-state index is 0.824. The molecule has 12 heavy (non-hydrogen) atoms. The van der Waals surface area contributed by atoms with E-state index in [0.29, 0.717) is 0 Å². The number of hydrogen-bond acceptors (Lipinski definition) is 1. The highest BCUT2D eigenvalue weighted by molar-refractivity contribution is 14.1. The zero-order valence-corrected chi connectivity index (χ0v) is 8.65. The average molecular weight is 274 g/mol. The number of rotatable bonds is 0. The standard InChI is InChI=1S/C8H7IN2O/c1-10-5-7(9)6-4-11(12)3-2-8(6)10/h2-5H,1H3. The average Bonchev–Trinajstić information content (AvgIpc) is 2.28. The number of aryl methyl sites for hydroxylation is 1. The normalized spacial score (nSPS) is 10.8. The third-order valence-electron chi connectivity index (χ3n) is 1.86. The van der Waals surface area contributed by atoms with Gasteiger partial charge in [0.2, 0.25) is 0 Å². The molecule has 0 radical (unpaired) electrons. The van der Waals surface area contributed by atoms with E-state index in [2.05, 4.69) is 22.6 Å². The molecule has 0 spiro atoms. The van der Waals surface area contributed by atoms with Gasteiger partial charge in [-0.15, -0.1) is 0 Å². The van der Waals surface area contributed by atoms with Crippen LogP contribution in [0.1, 0.15) is 0 Å². The number of fused-ring (bicyclic) bond motifs is 1. The van der Waals surface area contributed by atoms with E-state index >= 15 is 0 Å². The lowest BCUT2D eigenvalue weighted by molar-refractivity contribution is -0.603. The van der Waals surface area contributed by atoms with Crippen molar-refractivity contribution in [2.45, 2.75) is 0 Å². The van der Waals surface area contributed by atoms with E-state index in [9.17, 15) is 5.21 Å². The van der Waals surface area contributed by atoms with Crippen molar-refractivity contribution in [3.05, 3.63) is 33.4 Å². The van der Waals surface area contributed by atoms with Crippen LogP contribution in [0.2, 0.25) is 0 Å². The predicted octanol–water partition coefficient (Wildman–Crippen LogP) is 1.42. The second-order valence-electron chi connectivity index (χ2n) is 2.69. The smallest absolute Gasteiger partial charge is 0.190 e. The number of pyridine rings is 1. The van der Waals surface area contributed by atoms with Gasteiger partial charge in [0, 0.05) is 22.9 Å². The van der Waals surface area contributed by atoms with Crippen molar-refractivity contribution in [2.24, 2.45) is 7.05 Å². The Kier molecular flexibility index (Phi) is 1.71. The summed E-state index contributed by atoms with van der Waals surface area (Å²) in [7, 11) is 1.97. The van der Waals surface area contributed by atoms with Crippen LogP contribution < -0.4 is 4.73 Å². The van der Waals surface area contributed by atoms with E-state index in [1.54, 1.807) is 6.20 Å². The van der Waals surface area contributed by atoms with E-state index in [0.717, 1.165) is 19.2 Å². The van der Waals surface area contributed by atoms with Crippen LogP contribution in [0, 0.1) is 8.78 Å². The summed E-state index contributed by atoms with van der Waals surface area (Å²) in [6, 6.07) is 1.82. The Hall–Kier alpha value is -0.780. The summed E-state index contributed by atoms with van der Waals surface area (Å²) in [5.41, 5.74) is 1.09. The van der Waals surface area contributed by atoms with Gasteiger partial charge in [-0.05, 0) is 22.6 Å². The van der Waals surface area contributed by atoms with Crippen molar-refractivity contribution in [3.8, 4) is 0 Å². The number of aromatic nitrogens is 2. The Labute approximate surface area is 83.3 Å².